The maximum Gasteiger partial charge on any atom is 0.0624 e. The van der Waals surface area contributed by atoms with Crippen LogP contribution in [0.2, 0.25) is 0 Å². The number of nitriles is 1. The third kappa shape index (κ3) is 9.22. The first-order valence-corrected chi connectivity index (χ1v) is 7.13. The Kier molecular flexibility index (Phi) is 7.51. The average Bonchev–Trinajstić information content (AvgIpc) is 2.13. The van der Waals surface area contributed by atoms with Crippen LogP contribution in [0.3, 0.4) is 0 Å². The van der Waals surface area contributed by atoms with E-state index < -0.39 is 0 Å². The van der Waals surface area contributed by atoms with E-state index in [1.165, 1.54) is 25.7 Å². The molecule has 0 amide bonds. The van der Waals surface area contributed by atoms with Crippen molar-refractivity contribution in [3.63, 3.8) is 0 Å². The molecule has 0 saturated heterocycles. The highest BCUT2D eigenvalue weighted by Gasteiger charge is 2.21. The van der Waals surface area contributed by atoms with Crippen molar-refractivity contribution in [2.75, 3.05) is 0 Å². The van der Waals surface area contributed by atoms with E-state index in [4.69, 9.17) is 5.26 Å². The lowest BCUT2D eigenvalue weighted by Gasteiger charge is -2.29. The molecule has 1 nitrogen and oxygen atoms in total. The van der Waals surface area contributed by atoms with E-state index in [0.717, 1.165) is 11.8 Å². The van der Waals surface area contributed by atoms with Gasteiger partial charge >= 0.3 is 0 Å². The van der Waals surface area contributed by atoms with Crippen LogP contribution in [0.5, 0.6) is 0 Å². The van der Waals surface area contributed by atoms with Crippen LogP contribution in [-0.2, 0) is 0 Å². The number of hydrogen-bond acceptors (Lipinski definition) is 1. The Balaban J connectivity index is 3.96. The molecule has 0 saturated carbocycles. The van der Waals surface area contributed by atoms with Gasteiger partial charge in [-0.05, 0) is 42.4 Å². The van der Waals surface area contributed by atoms with Crippen LogP contribution < -0.4 is 0 Å². The molecule has 0 fully saturated rings. The zero-order valence-electron chi connectivity index (χ0n) is 12.7. The summed E-state index contributed by atoms with van der Waals surface area (Å²) in [5, 5.41) is 8.70. The maximum atomic E-state index is 8.70. The summed E-state index contributed by atoms with van der Waals surface area (Å²) in [5.74, 6) is 2.18. The lowest BCUT2D eigenvalue weighted by Crippen LogP contribution is -2.17. The lowest BCUT2D eigenvalue weighted by atomic mass is 9.77. The van der Waals surface area contributed by atoms with Crippen molar-refractivity contribution in [1.82, 2.24) is 0 Å². The Hall–Kier alpha value is -0.510. The van der Waals surface area contributed by atoms with Crippen LogP contribution in [-0.4, -0.2) is 0 Å². The van der Waals surface area contributed by atoms with Gasteiger partial charge in [-0.1, -0.05) is 48.0 Å². The highest BCUT2D eigenvalue weighted by atomic mass is 14.3. The van der Waals surface area contributed by atoms with Crippen LogP contribution in [0.1, 0.15) is 73.6 Å². The number of hydrogen-bond donors (Lipinski definition) is 0. The average molecular weight is 237 g/mol. The second-order valence-corrected chi connectivity index (χ2v) is 7.11. The summed E-state index contributed by atoms with van der Waals surface area (Å²) in [6.07, 6.45) is 5.82. The second-order valence-electron chi connectivity index (χ2n) is 7.11. The number of nitrogens with zero attached hydrogens (tertiary/aromatic N) is 1. The highest BCUT2D eigenvalue weighted by molar-refractivity contribution is 4.79. The van der Waals surface area contributed by atoms with Gasteiger partial charge in [0.05, 0.1) is 6.07 Å². The van der Waals surface area contributed by atoms with Gasteiger partial charge in [-0.2, -0.15) is 5.26 Å². The Bertz CT molecular complexity index is 234. The van der Waals surface area contributed by atoms with Gasteiger partial charge in [0.1, 0.15) is 0 Å². The van der Waals surface area contributed by atoms with Gasteiger partial charge < -0.3 is 0 Å². The van der Waals surface area contributed by atoms with Gasteiger partial charge in [0.25, 0.3) is 0 Å². The molecule has 0 radical (unpaired) electrons. The Labute approximate surface area is 109 Å². The quantitative estimate of drug-likeness (QED) is 0.553. The van der Waals surface area contributed by atoms with Gasteiger partial charge in [0.2, 0.25) is 0 Å². The summed E-state index contributed by atoms with van der Waals surface area (Å²) in [6, 6.07) is 2.28. The van der Waals surface area contributed by atoms with Gasteiger partial charge in [-0.25, -0.2) is 0 Å². The first-order valence-electron chi connectivity index (χ1n) is 7.13. The summed E-state index contributed by atoms with van der Waals surface area (Å²) in [4.78, 5) is 0. The van der Waals surface area contributed by atoms with Crippen LogP contribution >= 0.6 is 0 Å². The summed E-state index contributed by atoms with van der Waals surface area (Å²) in [6.45, 7) is 13.9. The zero-order chi connectivity index (χ0) is 13.5. The van der Waals surface area contributed by atoms with Crippen LogP contribution in [0, 0.1) is 34.5 Å². The standard InChI is InChI=1S/C16H31N/c1-13(2)11-14(3)7-9-16(5,6)12-15(4)8-10-17/h13-15H,7-9,11-12H2,1-6H3. The Morgan fingerprint density at radius 1 is 1.06 bits per heavy atom. The molecule has 0 aromatic heterocycles. The minimum Gasteiger partial charge on any atom is -0.198 e. The topological polar surface area (TPSA) is 23.8 Å². The van der Waals surface area contributed by atoms with E-state index in [1.54, 1.807) is 0 Å². The lowest BCUT2D eigenvalue weighted by molar-refractivity contribution is 0.231. The van der Waals surface area contributed by atoms with Crippen molar-refractivity contribution in [2.24, 2.45) is 23.2 Å². The van der Waals surface area contributed by atoms with Crippen molar-refractivity contribution in [2.45, 2.75) is 73.6 Å². The van der Waals surface area contributed by atoms with Gasteiger partial charge in [0.15, 0.2) is 0 Å². The van der Waals surface area contributed by atoms with Crippen molar-refractivity contribution >= 4 is 0 Å². The predicted octanol–water partition coefficient (Wildman–Crippen LogP) is 5.41. The molecule has 0 N–H and O–H groups in total. The molecule has 100 valence electrons. The monoisotopic (exact) mass is 237 g/mol. The third-order valence-electron chi connectivity index (χ3n) is 3.53. The third-order valence-corrected chi connectivity index (χ3v) is 3.53. The molecular weight excluding hydrogens is 206 g/mol. The minimum absolute atomic E-state index is 0.390. The molecule has 0 spiro atoms. The van der Waals surface area contributed by atoms with Crippen LogP contribution in [0.15, 0.2) is 0 Å². The molecule has 1 heteroatoms. The van der Waals surface area contributed by atoms with E-state index in [-0.39, 0.29) is 0 Å². The van der Waals surface area contributed by atoms with E-state index >= 15 is 0 Å². The van der Waals surface area contributed by atoms with Crippen LogP contribution in [0.4, 0.5) is 0 Å². The van der Waals surface area contributed by atoms with Gasteiger partial charge in [-0.15, -0.1) is 0 Å². The molecule has 0 aromatic carbocycles. The van der Waals surface area contributed by atoms with Crippen LogP contribution in [0.25, 0.3) is 0 Å². The van der Waals surface area contributed by atoms with Crippen molar-refractivity contribution in [1.29, 1.82) is 5.26 Å². The number of rotatable bonds is 8. The second kappa shape index (κ2) is 7.75. The van der Waals surface area contributed by atoms with Crippen molar-refractivity contribution < 1.29 is 0 Å². The molecule has 2 atom stereocenters. The first-order chi connectivity index (χ1) is 7.76. The molecule has 0 heterocycles. The molecule has 0 aliphatic carbocycles. The largest absolute Gasteiger partial charge is 0.198 e. The zero-order valence-corrected chi connectivity index (χ0v) is 12.7. The molecule has 0 rings (SSSR count). The predicted molar refractivity (Wildman–Crippen MR) is 75.6 cm³/mol. The molecule has 0 aliphatic rings. The summed E-state index contributed by atoms with van der Waals surface area (Å²) < 4.78 is 0. The summed E-state index contributed by atoms with van der Waals surface area (Å²) in [7, 11) is 0. The maximum absolute atomic E-state index is 8.70. The van der Waals surface area contributed by atoms with Crippen molar-refractivity contribution in [3.05, 3.63) is 0 Å². The molecule has 17 heavy (non-hydrogen) atoms. The normalized spacial score (nSPS) is 15.6. The van der Waals surface area contributed by atoms with E-state index in [9.17, 15) is 0 Å². The smallest absolute Gasteiger partial charge is 0.0624 e. The van der Waals surface area contributed by atoms with E-state index in [0.29, 0.717) is 17.8 Å². The van der Waals surface area contributed by atoms with Crippen molar-refractivity contribution in [3.8, 4) is 6.07 Å². The summed E-state index contributed by atoms with van der Waals surface area (Å²) in [5.41, 5.74) is 0.390. The SMILES string of the molecule is CC(C)CC(C)CCC(C)(C)CC(C)CC#N. The minimum atomic E-state index is 0.390. The summed E-state index contributed by atoms with van der Waals surface area (Å²) >= 11 is 0. The highest BCUT2D eigenvalue weighted by Crippen LogP contribution is 2.33. The first kappa shape index (κ1) is 16.5. The fourth-order valence-electron chi connectivity index (χ4n) is 2.83. The fraction of sp³-hybridized carbons (Fsp3) is 0.938. The molecule has 2 unspecified atom stereocenters. The Morgan fingerprint density at radius 2 is 1.65 bits per heavy atom. The van der Waals surface area contributed by atoms with E-state index in [1.807, 2.05) is 0 Å². The van der Waals surface area contributed by atoms with E-state index in [2.05, 4.69) is 47.6 Å². The molecule has 0 aromatic rings. The molecule has 0 aliphatic heterocycles. The van der Waals surface area contributed by atoms with Gasteiger partial charge in [-0.3, -0.25) is 0 Å². The Morgan fingerprint density at radius 3 is 2.12 bits per heavy atom. The molecular formula is C16H31N. The van der Waals surface area contributed by atoms with Gasteiger partial charge in [0, 0.05) is 6.42 Å². The molecule has 0 bridgehead atoms. The fourth-order valence-corrected chi connectivity index (χ4v) is 2.83.